The van der Waals surface area contributed by atoms with E-state index in [-0.39, 0.29) is 10.6 Å². The molecule has 0 radical (unpaired) electrons. The largest absolute Gasteiger partial charge is 0.379 e. The second kappa shape index (κ2) is 6.45. The zero-order valence-corrected chi connectivity index (χ0v) is 13.9. The van der Waals surface area contributed by atoms with Gasteiger partial charge in [-0.15, -0.1) is 0 Å². The standard InChI is InChI=1S/C14H18IN3O3/c15-13-9-11(1-2-14(13)18(19)20)17-4-3-12(10-17)16-5-7-21-8-6-16/h1-2,9,12H,3-8,10H2. The van der Waals surface area contributed by atoms with E-state index in [2.05, 4.69) is 9.80 Å². The maximum absolute atomic E-state index is 10.9. The third kappa shape index (κ3) is 3.29. The van der Waals surface area contributed by atoms with Gasteiger partial charge in [-0.25, -0.2) is 0 Å². The van der Waals surface area contributed by atoms with Crippen LogP contribution in [0.25, 0.3) is 0 Å². The van der Waals surface area contributed by atoms with Crippen LogP contribution in [0, 0.1) is 13.7 Å². The molecule has 0 amide bonds. The van der Waals surface area contributed by atoms with Gasteiger partial charge in [0.1, 0.15) is 0 Å². The van der Waals surface area contributed by atoms with Gasteiger partial charge < -0.3 is 9.64 Å². The molecule has 2 aliphatic rings. The fourth-order valence-electron chi connectivity index (χ4n) is 3.06. The predicted octanol–water partition coefficient (Wildman–Crippen LogP) is 2.11. The molecule has 2 saturated heterocycles. The predicted molar refractivity (Wildman–Crippen MR) is 88.8 cm³/mol. The van der Waals surface area contributed by atoms with E-state index in [1.165, 1.54) is 0 Å². The highest BCUT2D eigenvalue weighted by atomic mass is 127. The molecule has 114 valence electrons. The first kappa shape index (κ1) is 15.0. The summed E-state index contributed by atoms with van der Waals surface area (Å²) >= 11 is 2.04. The minimum atomic E-state index is -0.327. The van der Waals surface area contributed by atoms with E-state index in [0.29, 0.717) is 9.61 Å². The van der Waals surface area contributed by atoms with Crippen molar-refractivity contribution >= 4 is 34.0 Å². The molecule has 2 heterocycles. The number of hydrogen-bond donors (Lipinski definition) is 0. The lowest BCUT2D eigenvalue weighted by atomic mass is 10.2. The molecule has 0 spiro atoms. The summed E-state index contributed by atoms with van der Waals surface area (Å²) in [5, 5.41) is 10.9. The fourth-order valence-corrected chi connectivity index (χ4v) is 3.75. The number of benzene rings is 1. The molecule has 0 aliphatic carbocycles. The number of rotatable bonds is 3. The van der Waals surface area contributed by atoms with Crippen LogP contribution in [0.5, 0.6) is 0 Å². The van der Waals surface area contributed by atoms with E-state index >= 15 is 0 Å². The van der Waals surface area contributed by atoms with Gasteiger partial charge in [-0.3, -0.25) is 15.0 Å². The van der Waals surface area contributed by atoms with Gasteiger partial charge in [0.15, 0.2) is 0 Å². The van der Waals surface area contributed by atoms with Crippen LogP contribution in [0.3, 0.4) is 0 Å². The van der Waals surface area contributed by atoms with Crippen molar-refractivity contribution in [2.24, 2.45) is 0 Å². The first-order valence-electron chi connectivity index (χ1n) is 7.16. The monoisotopic (exact) mass is 403 g/mol. The molecule has 6 nitrogen and oxygen atoms in total. The summed E-state index contributed by atoms with van der Waals surface area (Å²) in [6.45, 7) is 5.67. The van der Waals surface area contributed by atoms with E-state index in [4.69, 9.17) is 4.74 Å². The van der Waals surface area contributed by atoms with E-state index in [0.717, 1.165) is 51.5 Å². The molecule has 7 heteroatoms. The van der Waals surface area contributed by atoms with Crippen LogP contribution < -0.4 is 4.90 Å². The number of nitrogens with zero attached hydrogens (tertiary/aromatic N) is 3. The molecule has 0 N–H and O–H groups in total. The number of halogens is 1. The molecule has 1 unspecified atom stereocenters. The molecule has 3 rings (SSSR count). The average molecular weight is 403 g/mol. The molecule has 0 aromatic heterocycles. The van der Waals surface area contributed by atoms with Gasteiger partial charge in [0, 0.05) is 44.0 Å². The van der Waals surface area contributed by atoms with Crippen molar-refractivity contribution in [3.8, 4) is 0 Å². The van der Waals surface area contributed by atoms with E-state index in [9.17, 15) is 10.1 Å². The Labute approximate surface area is 137 Å². The van der Waals surface area contributed by atoms with Crippen LogP contribution >= 0.6 is 22.6 Å². The normalized spacial score (nSPS) is 23.5. The van der Waals surface area contributed by atoms with E-state index < -0.39 is 0 Å². The van der Waals surface area contributed by atoms with Gasteiger partial charge in [-0.2, -0.15) is 0 Å². The third-order valence-corrected chi connectivity index (χ3v) is 5.08. The highest BCUT2D eigenvalue weighted by Crippen LogP contribution is 2.29. The van der Waals surface area contributed by atoms with Crippen molar-refractivity contribution in [2.75, 3.05) is 44.3 Å². The zero-order valence-electron chi connectivity index (χ0n) is 11.7. The first-order chi connectivity index (χ1) is 10.1. The maximum atomic E-state index is 10.9. The van der Waals surface area contributed by atoms with Crippen LogP contribution in [0.4, 0.5) is 11.4 Å². The molecule has 2 fully saturated rings. The molecule has 1 aromatic rings. The Morgan fingerprint density at radius 3 is 2.71 bits per heavy atom. The Balaban J connectivity index is 1.68. The van der Waals surface area contributed by atoms with Gasteiger partial charge in [0.05, 0.1) is 21.7 Å². The number of morpholine rings is 1. The molecular formula is C14H18IN3O3. The second-order valence-electron chi connectivity index (χ2n) is 5.43. The Morgan fingerprint density at radius 2 is 2.05 bits per heavy atom. The molecule has 0 bridgehead atoms. The minimum Gasteiger partial charge on any atom is -0.379 e. The lowest BCUT2D eigenvalue weighted by Gasteiger charge is -2.32. The fraction of sp³-hybridized carbons (Fsp3) is 0.571. The van der Waals surface area contributed by atoms with Crippen LogP contribution in [-0.2, 0) is 4.74 Å². The Kier molecular flexibility index (Phi) is 4.60. The van der Waals surface area contributed by atoms with Crippen molar-refractivity contribution < 1.29 is 9.66 Å². The summed E-state index contributed by atoms with van der Waals surface area (Å²) in [5.41, 5.74) is 1.27. The summed E-state index contributed by atoms with van der Waals surface area (Å²) in [6, 6.07) is 5.96. The lowest BCUT2D eigenvalue weighted by Crippen LogP contribution is -2.44. The summed E-state index contributed by atoms with van der Waals surface area (Å²) in [7, 11) is 0. The quantitative estimate of drug-likeness (QED) is 0.440. The van der Waals surface area contributed by atoms with Gasteiger partial charge >= 0.3 is 0 Å². The smallest absolute Gasteiger partial charge is 0.282 e. The number of ether oxygens (including phenoxy) is 1. The highest BCUT2D eigenvalue weighted by Gasteiger charge is 2.29. The third-order valence-electron chi connectivity index (χ3n) is 4.22. The van der Waals surface area contributed by atoms with Crippen molar-refractivity contribution in [2.45, 2.75) is 12.5 Å². The number of nitro groups is 1. The van der Waals surface area contributed by atoms with Crippen molar-refractivity contribution in [3.05, 3.63) is 31.9 Å². The molecule has 1 aromatic carbocycles. The van der Waals surface area contributed by atoms with Gasteiger partial charge in [0.2, 0.25) is 0 Å². The maximum Gasteiger partial charge on any atom is 0.282 e. The summed E-state index contributed by atoms with van der Waals surface area (Å²) < 4.78 is 6.10. The van der Waals surface area contributed by atoms with Crippen LogP contribution in [0.15, 0.2) is 18.2 Å². The van der Waals surface area contributed by atoms with Crippen molar-refractivity contribution in [3.63, 3.8) is 0 Å². The molecule has 2 aliphatic heterocycles. The van der Waals surface area contributed by atoms with Crippen LogP contribution in [0.1, 0.15) is 6.42 Å². The van der Waals surface area contributed by atoms with E-state index in [1.807, 2.05) is 34.7 Å². The molecule has 1 atom stereocenters. The summed E-state index contributed by atoms with van der Waals surface area (Å²) in [6.07, 6.45) is 1.15. The molecule has 21 heavy (non-hydrogen) atoms. The first-order valence-corrected chi connectivity index (χ1v) is 8.24. The average Bonchev–Trinajstić information content (AvgIpc) is 2.97. The van der Waals surface area contributed by atoms with Crippen molar-refractivity contribution in [1.29, 1.82) is 0 Å². The zero-order chi connectivity index (χ0) is 14.8. The highest BCUT2D eigenvalue weighted by molar-refractivity contribution is 14.1. The number of nitro benzene ring substituents is 1. The van der Waals surface area contributed by atoms with Crippen molar-refractivity contribution in [1.82, 2.24) is 4.90 Å². The SMILES string of the molecule is O=[N+]([O-])c1ccc(N2CCC(N3CCOCC3)C2)cc1I. The van der Waals surface area contributed by atoms with Crippen LogP contribution in [-0.4, -0.2) is 55.3 Å². The Morgan fingerprint density at radius 1 is 1.29 bits per heavy atom. The van der Waals surface area contributed by atoms with E-state index in [1.54, 1.807) is 6.07 Å². The number of anilines is 1. The minimum absolute atomic E-state index is 0.184. The summed E-state index contributed by atoms with van der Waals surface area (Å²) in [5.74, 6) is 0. The second-order valence-corrected chi connectivity index (χ2v) is 6.59. The van der Waals surface area contributed by atoms with Gasteiger partial charge in [-0.1, -0.05) is 0 Å². The topological polar surface area (TPSA) is 58.9 Å². The Hall–Kier alpha value is -0.930. The number of hydrogen-bond acceptors (Lipinski definition) is 5. The Bertz CT molecular complexity index is 534. The van der Waals surface area contributed by atoms with Gasteiger partial charge in [0.25, 0.3) is 5.69 Å². The lowest BCUT2D eigenvalue weighted by molar-refractivity contribution is -0.385. The molecular weight excluding hydrogens is 385 g/mol. The van der Waals surface area contributed by atoms with Gasteiger partial charge in [-0.05, 0) is 41.1 Å². The molecule has 0 saturated carbocycles. The van der Waals surface area contributed by atoms with Crippen LogP contribution in [0.2, 0.25) is 0 Å². The summed E-state index contributed by atoms with van der Waals surface area (Å²) in [4.78, 5) is 15.4.